The van der Waals surface area contributed by atoms with Gasteiger partial charge in [-0.1, -0.05) is 19.1 Å². The minimum absolute atomic E-state index is 0.211. The molecule has 120 valence electrons. The van der Waals surface area contributed by atoms with Gasteiger partial charge in [-0.25, -0.2) is 4.68 Å². The number of fused-ring (bicyclic) bond motifs is 1. The molecule has 2 N–H and O–H groups in total. The van der Waals surface area contributed by atoms with Gasteiger partial charge in [0.25, 0.3) is 5.91 Å². The molecule has 1 aromatic heterocycles. The van der Waals surface area contributed by atoms with E-state index >= 15 is 0 Å². The summed E-state index contributed by atoms with van der Waals surface area (Å²) in [5, 5.41) is 21.0. The van der Waals surface area contributed by atoms with Crippen LogP contribution in [0.1, 0.15) is 44.0 Å². The lowest BCUT2D eigenvalue weighted by Crippen LogP contribution is -2.40. The molecule has 0 fully saturated rings. The maximum Gasteiger partial charge on any atom is 0.251 e. The van der Waals surface area contributed by atoms with Crippen molar-refractivity contribution in [1.29, 1.82) is 0 Å². The van der Waals surface area contributed by atoms with Crippen LogP contribution in [0.3, 0.4) is 0 Å². The van der Waals surface area contributed by atoms with Crippen LogP contribution in [0, 0.1) is 5.92 Å². The van der Waals surface area contributed by atoms with Gasteiger partial charge in [0.15, 0.2) is 0 Å². The molecule has 0 aliphatic heterocycles. The summed E-state index contributed by atoms with van der Waals surface area (Å²) < 4.78 is 1.66. The van der Waals surface area contributed by atoms with E-state index in [0.717, 1.165) is 11.9 Å². The summed E-state index contributed by atoms with van der Waals surface area (Å²) in [6, 6.07) is 5.27. The zero-order valence-electron chi connectivity index (χ0n) is 13.6. The smallest absolute Gasteiger partial charge is 0.251 e. The number of aromatic nitrogens is 3. The fraction of sp³-hybridized carbons (Fsp3) is 0.562. The summed E-state index contributed by atoms with van der Waals surface area (Å²) in [5.41, 5.74) is 1.19. The van der Waals surface area contributed by atoms with Gasteiger partial charge in [0, 0.05) is 19.2 Å². The third-order valence-corrected chi connectivity index (χ3v) is 3.76. The van der Waals surface area contributed by atoms with Crippen molar-refractivity contribution in [3.63, 3.8) is 0 Å². The summed E-state index contributed by atoms with van der Waals surface area (Å²) in [5.74, 6) is 0.318. The third kappa shape index (κ3) is 4.04. The summed E-state index contributed by atoms with van der Waals surface area (Å²) in [6.07, 6.45) is 1.59. The van der Waals surface area contributed by atoms with Gasteiger partial charge in [0.05, 0.1) is 11.1 Å². The number of hydrogen-bond acceptors (Lipinski definition) is 4. The second-order valence-corrected chi connectivity index (χ2v) is 6.53. The Morgan fingerprint density at radius 3 is 2.86 bits per heavy atom. The molecule has 6 heteroatoms. The van der Waals surface area contributed by atoms with Crippen molar-refractivity contribution >= 4 is 16.9 Å². The molecule has 2 rings (SSSR count). The number of nitrogens with zero attached hydrogens (tertiary/aromatic N) is 3. The number of rotatable bonds is 6. The lowest BCUT2D eigenvalue weighted by atomic mass is 9.95. The Hall–Kier alpha value is -1.95. The van der Waals surface area contributed by atoms with Crippen LogP contribution < -0.4 is 5.32 Å². The molecule has 0 radical (unpaired) electrons. The van der Waals surface area contributed by atoms with Crippen molar-refractivity contribution in [3.8, 4) is 0 Å². The van der Waals surface area contributed by atoms with E-state index in [1.807, 2.05) is 6.07 Å². The molecule has 1 aromatic carbocycles. The van der Waals surface area contributed by atoms with Crippen LogP contribution in [0.4, 0.5) is 0 Å². The average Bonchev–Trinajstić information content (AvgIpc) is 2.84. The largest absolute Gasteiger partial charge is 0.388 e. The molecule has 22 heavy (non-hydrogen) atoms. The van der Waals surface area contributed by atoms with Gasteiger partial charge in [-0.2, -0.15) is 0 Å². The molecule has 0 aliphatic rings. The molecule has 0 saturated carbocycles. The van der Waals surface area contributed by atoms with Gasteiger partial charge in [-0.15, -0.1) is 5.10 Å². The number of hydrogen-bond donors (Lipinski definition) is 2. The predicted molar refractivity (Wildman–Crippen MR) is 85.5 cm³/mol. The van der Waals surface area contributed by atoms with E-state index in [-0.39, 0.29) is 12.5 Å². The van der Waals surface area contributed by atoms with Gasteiger partial charge in [0.1, 0.15) is 5.52 Å². The zero-order chi connectivity index (χ0) is 16.3. The van der Waals surface area contributed by atoms with Crippen molar-refractivity contribution < 1.29 is 9.90 Å². The Bertz CT molecular complexity index is 661. The number of benzene rings is 1. The summed E-state index contributed by atoms with van der Waals surface area (Å²) in [4.78, 5) is 12.2. The number of carbonyl (C=O) groups excluding carboxylic acids is 1. The molecule has 0 aliphatic carbocycles. The van der Waals surface area contributed by atoms with E-state index in [1.165, 1.54) is 0 Å². The van der Waals surface area contributed by atoms with Crippen LogP contribution in [-0.2, 0) is 7.05 Å². The first kappa shape index (κ1) is 16.4. The quantitative estimate of drug-likeness (QED) is 0.854. The van der Waals surface area contributed by atoms with E-state index in [4.69, 9.17) is 0 Å². The van der Waals surface area contributed by atoms with E-state index in [2.05, 4.69) is 29.5 Å². The first-order chi connectivity index (χ1) is 10.3. The van der Waals surface area contributed by atoms with E-state index in [9.17, 15) is 9.90 Å². The third-order valence-electron chi connectivity index (χ3n) is 3.76. The predicted octanol–water partition coefficient (Wildman–Crippen LogP) is 1.89. The summed E-state index contributed by atoms with van der Waals surface area (Å²) >= 11 is 0. The Morgan fingerprint density at radius 2 is 2.18 bits per heavy atom. The van der Waals surface area contributed by atoms with Crippen molar-refractivity contribution in [2.45, 2.75) is 39.2 Å². The molecule has 2 aromatic rings. The molecule has 1 unspecified atom stereocenters. The van der Waals surface area contributed by atoms with Crippen molar-refractivity contribution in [1.82, 2.24) is 20.3 Å². The normalized spacial score (nSPS) is 14.3. The molecule has 0 bridgehead atoms. The van der Waals surface area contributed by atoms with Gasteiger partial charge in [-0.05, 0) is 43.9 Å². The molecule has 1 heterocycles. The summed E-state index contributed by atoms with van der Waals surface area (Å²) in [7, 11) is 1.81. The van der Waals surface area contributed by atoms with Gasteiger partial charge < -0.3 is 10.4 Å². The first-order valence-corrected chi connectivity index (χ1v) is 7.58. The SMILES string of the molecule is CC(C)CCC(C)(O)CNC(=O)c1ccc2c(c1)nnn2C. The average molecular weight is 304 g/mol. The van der Waals surface area contributed by atoms with Crippen LogP contribution in [0.2, 0.25) is 0 Å². The molecule has 0 spiro atoms. The van der Waals surface area contributed by atoms with E-state index < -0.39 is 5.60 Å². The lowest BCUT2D eigenvalue weighted by molar-refractivity contribution is 0.0429. The Kier molecular flexibility index (Phi) is 4.81. The van der Waals surface area contributed by atoms with Gasteiger partial charge >= 0.3 is 0 Å². The minimum atomic E-state index is -0.892. The lowest BCUT2D eigenvalue weighted by Gasteiger charge is -2.24. The fourth-order valence-corrected chi connectivity index (χ4v) is 2.24. The Morgan fingerprint density at radius 1 is 1.45 bits per heavy atom. The van der Waals surface area contributed by atoms with Crippen molar-refractivity contribution in [2.75, 3.05) is 6.54 Å². The van der Waals surface area contributed by atoms with Crippen molar-refractivity contribution in [3.05, 3.63) is 23.8 Å². The maximum absolute atomic E-state index is 12.2. The van der Waals surface area contributed by atoms with Crippen LogP contribution in [-0.4, -0.2) is 38.2 Å². The second-order valence-electron chi connectivity index (χ2n) is 6.53. The maximum atomic E-state index is 12.2. The molecule has 1 amide bonds. The minimum Gasteiger partial charge on any atom is -0.388 e. The zero-order valence-corrected chi connectivity index (χ0v) is 13.6. The highest BCUT2D eigenvalue weighted by molar-refractivity contribution is 5.97. The monoisotopic (exact) mass is 304 g/mol. The topological polar surface area (TPSA) is 80.0 Å². The first-order valence-electron chi connectivity index (χ1n) is 7.58. The number of aliphatic hydroxyl groups is 1. The van der Waals surface area contributed by atoms with Crippen LogP contribution in [0.5, 0.6) is 0 Å². The number of amides is 1. The highest BCUT2D eigenvalue weighted by Gasteiger charge is 2.22. The Balaban J connectivity index is 1.98. The molecular formula is C16H24N4O2. The number of aryl methyl sites for hydroxylation is 1. The van der Waals surface area contributed by atoms with Gasteiger partial charge in [-0.3, -0.25) is 4.79 Å². The standard InChI is InChI=1S/C16H24N4O2/c1-11(2)7-8-16(3,22)10-17-15(21)12-5-6-14-13(9-12)18-19-20(14)4/h5-6,9,11,22H,7-8,10H2,1-4H3,(H,17,21). The summed E-state index contributed by atoms with van der Waals surface area (Å²) in [6.45, 7) is 6.22. The van der Waals surface area contributed by atoms with Crippen LogP contribution >= 0.6 is 0 Å². The number of carbonyl (C=O) groups is 1. The van der Waals surface area contributed by atoms with Crippen molar-refractivity contribution in [2.24, 2.45) is 13.0 Å². The van der Waals surface area contributed by atoms with Crippen LogP contribution in [0.15, 0.2) is 18.2 Å². The Labute approximate surface area is 130 Å². The molecular weight excluding hydrogens is 280 g/mol. The number of nitrogens with one attached hydrogen (secondary N) is 1. The highest BCUT2D eigenvalue weighted by Crippen LogP contribution is 2.16. The van der Waals surface area contributed by atoms with Gasteiger partial charge in [0.2, 0.25) is 0 Å². The van der Waals surface area contributed by atoms with Crippen LogP contribution in [0.25, 0.3) is 11.0 Å². The second kappa shape index (κ2) is 6.44. The fourth-order valence-electron chi connectivity index (χ4n) is 2.24. The van der Waals surface area contributed by atoms with E-state index in [1.54, 1.807) is 30.8 Å². The molecule has 0 saturated heterocycles. The molecule has 1 atom stereocenters. The highest BCUT2D eigenvalue weighted by atomic mass is 16.3. The molecule has 6 nitrogen and oxygen atoms in total. The van der Waals surface area contributed by atoms with E-state index in [0.29, 0.717) is 23.4 Å².